The van der Waals surface area contributed by atoms with E-state index < -0.39 is 17.9 Å². The van der Waals surface area contributed by atoms with Crippen LogP contribution < -0.4 is 15.8 Å². The lowest BCUT2D eigenvalue weighted by Crippen LogP contribution is -2.46. The molecule has 0 spiro atoms. The Bertz CT molecular complexity index is 1240. The van der Waals surface area contributed by atoms with Crippen molar-refractivity contribution in [1.82, 2.24) is 20.3 Å². The minimum atomic E-state index is -0.887. The molecule has 33 heavy (non-hydrogen) atoms. The third-order valence-electron chi connectivity index (χ3n) is 5.02. The van der Waals surface area contributed by atoms with Crippen LogP contribution in [0.4, 0.5) is 0 Å². The number of aryl methyl sites for hydroxylation is 1. The standard InChI is InChI=1S/C25H23N5O3/c1-16-5-9-19(10-6-16)33-20-11-7-17(8-12-20)21-3-2-4-22(29-21)25(32)30-23(24(26)31)13-18-14-27-15-28-18/h2-12,14-15,23H,13H2,1H3,(H2,26,31)(H,27,28)(H,30,32)/t23-/m0/s1. The maximum Gasteiger partial charge on any atom is 0.270 e. The maximum atomic E-state index is 12.7. The van der Waals surface area contributed by atoms with Crippen LogP contribution in [-0.4, -0.2) is 32.8 Å². The number of nitrogens with zero attached hydrogens (tertiary/aromatic N) is 2. The number of nitrogens with one attached hydrogen (secondary N) is 2. The van der Waals surface area contributed by atoms with Crippen molar-refractivity contribution < 1.29 is 14.3 Å². The fourth-order valence-corrected chi connectivity index (χ4v) is 3.23. The number of carbonyl (C=O) groups is 2. The number of imidazole rings is 1. The molecule has 8 nitrogen and oxygen atoms in total. The van der Waals surface area contributed by atoms with Crippen LogP contribution in [0, 0.1) is 6.92 Å². The fourth-order valence-electron chi connectivity index (χ4n) is 3.23. The Labute approximate surface area is 190 Å². The molecule has 0 saturated carbocycles. The van der Waals surface area contributed by atoms with E-state index in [1.165, 1.54) is 6.33 Å². The molecule has 0 saturated heterocycles. The van der Waals surface area contributed by atoms with Crippen LogP contribution in [-0.2, 0) is 11.2 Å². The number of aromatic nitrogens is 3. The van der Waals surface area contributed by atoms with Gasteiger partial charge in [-0.05, 0) is 55.5 Å². The van der Waals surface area contributed by atoms with E-state index in [9.17, 15) is 9.59 Å². The molecule has 4 N–H and O–H groups in total. The summed E-state index contributed by atoms with van der Waals surface area (Å²) in [5.41, 5.74) is 8.94. The average Bonchev–Trinajstić information content (AvgIpc) is 3.34. The van der Waals surface area contributed by atoms with Gasteiger partial charge < -0.3 is 20.8 Å². The second-order valence-electron chi connectivity index (χ2n) is 7.56. The maximum absolute atomic E-state index is 12.7. The number of carbonyl (C=O) groups excluding carboxylic acids is 2. The van der Waals surface area contributed by atoms with Crippen LogP contribution in [0.2, 0.25) is 0 Å². The van der Waals surface area contributed by atoms with Crippen LogP contribution >= 0.6 is 0 Å². The molecule has 0 aliphatic heterocycles. The normalized spacial score (nSPS) is 11.5. The van der Waals surface area contributed by atoms with Crippen molar-refractivity contribution in [2.75, 3.05) is 0 Å². The molecule has 166 valence electrons. The SMILES string of the molecule is Cc1ccc(Oc2ccc(-c3cccc(C(=O)N[C@@H](Cc4cnc[nH]4)C(N)=O)n3)cc2)cc1. The number of nitrogens with two attached hydrogens (primary N) is 1. The lowest BCUT2D eigenvalue weighted by atomic mass is 10.1. The molecule has 2 aromatic heterocycles. The van der Waals surface area contributed by atoms with Gasteiger partial charge in [0.25, 0.3) is 5.91 Å². The molecule has 2 amide bonds. The molecule has 8 heteroatoms. The van der Waals surface area contributed by atoms with Gasteiger partial charge in [-0.25, -0.2) is 9.97 Å². The summed E-state index contributed by atoms with van der Waals surface area (Å²) in [7, 11) is 0. The molecule has 2 heterocycles. The number of benzene rings is 2. The molecule has 0 fully saturated rings. The second kappa shape index (κ2) is 9.78. The minimum Gasteiger partial charge on any atom is -0.457 e. The van der Waals surface area contributed by atoms with Crippen LogP contribution in [0.15, 0.2) is 79.3 Å². The van der Waals surface area contributed by atoms with E-state index in [1.807, 2.05) is 61.5 Å². The van der Waals surface area contributed by atoms with E-state index in [2.05, 4.69) is 20.3 Å². The number of hydrogen-bond acceptors (Lipinski definition) is 5. The highest BCUT2D eigenvalue weighted by Crippen LogP contribution is 2.25. The highest BCUT2D eigenvalue weighted by Gasteiger charge is 2.21. The molecule has 0 unspecified atom stereocenters. The average molecular weight is 441 g/mol. The molecule has 4 aromatic rings. The highest BCUT2D eigenvalue weighted by atomic mass is 16.5. The van der Waals surface area contributed by atoms with Crippen molar-refractivity contribution in [3.63, 3.8) is 0 Å². The van der Waals surface area contributed by atoms with E-state index in [-0.39, 0.29) is 12.1 Å². The first-order valence-electron chi connectivity index (χ1n) is 10.4. The molecule has 0 aliphatic rings. The number of ether oxygens (including phenoxy) is 1. The number of rotatable bonds is 8. The monoisotopic (exact) mass is 441 g/mol. The van der Waals surface area contributed by atoms with Crippen molar-refractivity contribution in [3.05, 3.63) is 96.2 Å². The van der Waals surface area contributed by atoms with Crippen LogP contribution in [0.5, 0.6) is 11.5 Å². The first-order valence-corrected chi connectivity index (χ1v) is 10.4. The van der Waals surface area contributed by atoms with E-state index in [0.29, 0.717) is 17.1 Å². The van der Waals surface area contributed by atoms with Gasteiger partial charge in [-0.2, -0.15) is 0 Å². The molecule has 1 atom stereocenters. The zero-order valence-corrected chi connectivity index (χ0v) is 18.0. The van der Waals surface area contributed by atoms with Crippen molar-refractivity contribution in [2.45, 2.75) is 19.4 Å². The summed E-state index contributed by atoms with van der Waals surface area (Å²) in [5.74, 6) is 0.321. The van der Waals surface area contributed by atoms with Gasteiger partial charge in [0.05, 0.1) is 12.0 Å². The number of amides is 2. The molecule has 0 bridgehead atoms. The van der Waals surface area contributed by atoms with Gasteiger partial charge in [-0.3, -0.25) is 9.59 Å². The third-order valence-corrected chi connectivity index (χ3v) is 5.02. The predicted octanol–water partition coefficient (Wildman–Crippen LogP) is 3.40. The first-order chi connectivity index (χ1) is 16.0. The Morgan fingerprint density at radius 1 is 1.03 bits per heavy atom. The van der Waals surface area contributed by atoms with E-state index >= 15 is 0 Å². The van der Waals surface area contributed by atoms with Crippen molar-refractivity contribution in [3.8, 4) is 22.8 Å². The van der Waals surface area contributed by atoms with Gasteiger partial charge in [0.2, 0.25) is 5.91 Å². The van der Waals surface area contributed by atoms with Gasteiger partial charge in [0, 0.05) is 23.9 Å². The minimum absolute atomic E-state index is 0.184. The van der Waals surface area contributed by atoms with Crippen LogP contribution in [0.25, 0.3) is 11.3 Å². The smallest absolute Gasteiger partial charge is 0.270 e. The van der Waals surface area contributed by atoms with Gasteiger partial charge >= 0.3 is 0 Å². The van der Waals surface area contributed by atoms with E-state index in [0.717, 1.165) is 16.9 Å². The van der Waals surface area contributed by atoms with E-state index in [4.69, 9.17) is 10.5 Å². The molecule has 0 aliphatic carbocycles. The summed E-state index contributed by atoms with van der Waals surface area (Å²) in [6.07, 6.45) is 3.29. The summed E-state index contributed by atoms with van der Waals surface area (Å²) in [4.78, 5) is 35.8. The molecule has 0 radical (unpaired) electrons. The van der Waals surface area contributed by atoms with E-state index in [1.54, 1.807) is 18.3 Å². The number of hydrogen-bond donors (Lipinski definition) is 3. The summed E-state index contributed by atoms with van der Waals surface area (Å²) in [6.45, 7) is 2.02. The zero-order valence-electron chi connectivity index (χ0n) is 18.0. The molecule has 4 rings (SSSR count). The van der Waals surface area contributed by atoms with Crippen LogP contribution in [0.1, 0.15) is 21.7 Å². The van der Waals surface area contributed by atoms with Crippen LogP contribution in [0.3, 0.4) is 0 Å². The van der Waals surface area contributed by atoms with Crippen molar-refractivity contribution >= 4 is 11.8 Å². The number of primary amides is 1. The quantitative estimate of drug-likeness (QED) is 0.387. The number of H-pyrrole nitrogens is 1. The second-order valence-corrected chi connectivity index (χ2v) is 7.56. The Kier molecular flexibility index (Phi) is 6.45. The zero-order chi connectivity index (χ0) is 23.2. The Morgan fingerprint density at radius 3 is 2.36 bits per heavy atom. The third kappa shape index (κ3) is 5.62. The largest absolute Gasteiger partial charge is 0.457 e. The summed E-state index contributed by atoms with van der Waals surface area (Å²) in [6, 6.07) is 19.5. The molecule has 2 aromatic carbocycles. The van der Waals surface area contributed by atoms with Gasteiger partial charge in [-0.1, -0.05) is 23.8 Å². The number of aromatic amines is 1. The molecular formula is C25H23N5O3. The van der Waals surface area contributed by atoms with Gasteiger partial charge in [0.1, 0.15) is 23.2 Å². The summed E-state index contributed by atoms with van der Waals surface area (Å²) >= 11 is 0. The lowest BCUT2D eigenvalue weighted by Gasteiger charge is -2.14. The fraction of sp³-hybridized carbons (Fsp3) is 0.120. The van der Waals surface area contributed by atoms with Gasteiger partial charge in [0.15, 0.2) is 0 Å². The molecular weight excluding hydrogens is 418 g/mol. The first kappa shape index (κ1) is 21.8. The Hall–Kier alpha value is -4.46. The summed E-state index contributed by atoms with van der Waals surface area (Å²) < 4.78 is 5.86. The number of pyridine rings is 1. The van der Waals surface area contributed by atoms with Gasteiger partial charge in [-0.15, -0.1) is 0 Å². The van der Waals surface area contributed by atoms with Crippen molar-refractivity contribution in [1.29, 1.82) is 0 Å². The topological polar surface area (TPSA) is 123 Å². The predicted molar refractivity (Wildman–Crippen MR) is 124 cm³/mol. The Balaban J connectivity index is 1.45. The Morgan fingerprint density at radius 2 is 1.73 bits per heavy atom. The lowest BCUT2D eigenvalue weighted by molar-refractivity contribution is -0.119. The van der Waals surface area contributed by atoms with Crippen molar-refractivity contribution in [2.24, 2.45) is 5.73 Å². The highest BCUT2D eigenvalue weighted by molar-refractivity contribution is 5.96. The summed E-state index contributed by atoms with van der Waals surface area (Å²) in [5, 5.41) is 2.65.